The molecule has 40 heavy (non-hydrogen) atoms. The average Bonchev–Trinajstić information content (AvgIpc) is 3.39. The summed E-state index contributed by atoms with van der Waals surface area (Å²) in [7, 11) is -3.70. The zero-order valence-corrected chi connectivity index (χ0v) is 25.3. The topological polar surface area (TPSA) is 73.8 Å². The second-order valence-corrected chi connectivity index (χ2v) is 13.3. The minimum atomic E-state index is -3.70. The van der Waals surface area contributed by atoms with Crippen LogP contribution >= 0.6 is 22.9 Å². The normalized spacial score (nSPS) is 14.0. The molecule has 2 heterocycles. The van der Waals surface area contributed by atoms with Gasteiger partial charge in [-0.1, -0.05) is 61.1 Å². The van der Waals surface area contributed by atoms with Gasteiger partial charge in [-0.25, -0.2) is 13.4 Å². The third-order valence-corrected chi connectivity index (χ3v) is 10.6. The minimum absolute atomic E-state index is 0.184. The zero-order valence-electron chi connectivity index (χ0n) is 22.9. The number of hydrogen-bond donors (Lipinski definition) is 0. The van der Waals surface area contributed by atoms with Crippen molar-refractivity contribution in [3.05, 3.63) is 87.9 Å². The molecule has 1 aromatic heterocycles. The van der Waals surface area contributed by atoms with E-state index in [1.807, 2.05) is 43.3 Å². The zero-order chi connectivity index (χ0) is 28.4. The van der Waals surface area contributed by atoms with Gasteiger partial charge in [0.05, 0.1) is 15.1 Å². The minimum Gasteiger partial charge on any atom is -0.302 e. The number of halogens is 1. The molecule has 1 amide bonds. The lowest BCUT2D eigenvalue weighted by Gasteiger charge is -2.28. The van der Waals surface area contributed by atoms with Crippen LogP contribution in [0.2, 0.25) is 5.02 Å². The number of rotatable bonds is 9. The fraction of sp³-hybridized carbons (Fsp3) is 0.333. The van der Waals surface area contributed by atoms with Gasteiger partial charge >= 0.3 is 0 Å². The summed E-state index contributed by atoms with van der Waals surface area (Å²) < 4.78 is 29.3. The number of likely N-dealkylation sites (N-methyl/N-ethyl adjacent to an activating group) is 1. The van der Waals surface area contributed by atoms with E-state index in [1.54, 1.807) is 17.0 Å². The van der Waals surface area contributed by atoms with Crippen LogP contribution < -0.4 is 4.90 Å². The number of sulfonamides is 1. The molecule has 0 unspecified atom stereocenters. The molecular formula is C30H33ClN4O3S2. The van der Waals surface area contributed by atoms with Crippen molar-refractivity contribution >= 4 is 54.2 Å². The van der Waals surface area contributed by atoms with Crippen molar-refractivity contribution < 1.29 is 13.2 Å². The lowest BCUT2D eigenvalue weighted by molar-refractivity contribution is 0.0983. The van der Waals surface area contributed by atoms with E-state index in [2.05, 4.69) is 18.7 Å². The van der Waals surface area contributed by atoms with Gasteiger partial charge in [-0.3, -0.25) is 9.69 Å². The third kappa shape index (κ3) is 5.80. The van der Waals surface area contributed by atoms with Crippen molar-refractivity contribution in [3.63, 3.8) is 0 Å². The maximum Gasteiger partial charge on any atom is 0.260 e. The number of aryl methyl sites for hydroxylation is 1. The molecule has 0 fully saturated rings. The van der Waals surface area contributed by atoms with Crippen molar-refractivity contribution in [3.8, 4) is 0 Å². The van der Waals surface area contributed by atoms with Crippen LogP contribution in [0, 0.1) is 6.92 Å². The van der Waals surface area contributed by atoms with E-state index < -0.39 is 10.0 Å². The van der Waals surface area contributed by atoms with E-state index >= 15 is 0 Å². The fourth-order valence-electron chi connectivity index (χ4n) is 5.07. The number of carbonyl (C=O) groups excluding carboxylic acids is 1. The summed E-state index contributed by atoms with van der Waals surface area (Å²) in [5.41, 5.74) is 4.41. The Morgan fingerprint density at radius 1 is 1.02 bits per heavy atom. The summed E-state index contributed by atoms with van der Waals surface area (Å²) in [6.45, 7) is 9.83. The molecule has 0 saturated carbocycles. The Morgan fingerprint density at radius 3 is 2.42 bits per heavy atom. The molecule has 0 atom stereocenters. The molecule has 5 rings (SSSR count). The van der Waals surface area contributed by atoms with Crippen molar-refractivity contribution in [2.45, 2.75) is 38.6 Å². The van der Waals surface area contributed by atoms with E-state index in [0.717, 1.165) is 34.4 Å². The first-order valence-corrected chi connectivity index (χ1v) is 16.1. The molecule has 0 N–H and O–H groups in total. The number of hydrogen-bond acceptors (Lipinski definition) is 6. The fourth-order valence-corrected chi connectivity index (χ4v) is 7.94. The van der Waals surface area contributed by atoms with Gasteiger partial charge in [0.15, 0.2) is 5.13 Å². The first-order chi connectivity index (χ1) is 19.2. The highest BCUT2D eigenvalue weighted by atomic mass is 35.5. The molecule has 1 aliphatic rings. The Bertz CT molecular complexity index is 1630. The number of anilines is 1. The predicted molar refractivity (Wildman–Crippen MR) is 163 cm³/mol. The Hall–Kier alpha value is -2.82. The van der Waals surface area contributed by atoms with Crippen LogP contribution in [0.4, 0.5) is 5.13 Å². The predicted octanol–water partition coefficient (Wildman–Crippen LogP) is 5.99. The average molecular weight is 597 g/mol. The molecule has 10 heteroatoms. The van der Waals surface area contributed by atoms with Crippen molar-refractivity contribution in [2.75, 3.05) is 37.6 Å². The summed E-state index contributed by atoms with van der Waals surface area (Å²) in [4.78, 5) is 22.8. The summed E-state index contributed by atoms with van der Waals surface area (Å²) in [5.74, 6) is -0.217. The van der Waals surface area contributed by atoms with E-state index in [0.29, 0.717) is 48.3 Å². The highest BCUT2D eigenvalue weighted by molar-refractivity contribution is 7.89. The SMILES string of the molecule is CCN(CC)CCN(C(=O)c1ccc(S(=O)(=O)N2CCc3ccccc3C2)cc1)c1nc2c(C)cc(Cl)cc2s1. The highest BCUT2D eigenvalue weighted by Crippen LogP contribution is 2.34. The van der Waals surface area contributed by atoms with Gasteiger partial charge in [0, 0.05) is 36.8 Å². The first-order valence-electron chi connectivity index (χ1n) is 13.5. The van der Waals surface area contributed by atoms with Crippen LogP contribution in [0.3, 0.4) is 0 Å². The monoisotopic (exact) mass is 596 g/mol. The highest BCUT2D eigenvalue weighted by Gasteiger charge is 2.29. The van der Waals surface area contributed by atoms with Gasteiger partial charge < -0.3 is 4.90 Å². The molecular weight excluding hydrogens is 564 g/mol. The van der Waals surface area contributed by atoms with Crippen LogP contribution in [-0.2, 0) is 23.0 Å². The van der Waals surface area contributed by atoms with Gasteiger partial charge in [0.25, 0.3) is 5.91 Å². The quantitative estimate of drug-likeness (QED) is 0.237. The molecule has 1 aliphatic heterocycles. The molecule has 0 saturated heterocycles. The Kier molecular flexibility index (Phi) is 8.58. The molecule has 0 bridgehead atoms. The molecule has 0 aliphatic carbocycles. The number of carbonyl (C=O) groups is 1. The van der Waals surface area contributed by atoms with E-state index in [1.165, 1.54) is 33.3 Å². The van der Waals surface area contributed by atoms with Gasteiger partial charge in [-0.05, 0) is 79.5 Å². The van der Waals surface area contributed by atoms with Crippen molar-refractivity contribution in [1.82, 2.24) is 14.2 Å². The second kappa shape index (κ2) is 12.0. The van der Waals surface area contributed by atoms with Crippen LogP contribution in [-0.4, -0.2) is 61.2 Å². The number of amides is 1. The van der Waals surface area contributed by atoms with Crippen LogP contribution in [0.1, 0.15) is 40.9 Å². The molecule has 0 spiro atoms. The smallest absolute Gasteiger partial charge is 0.260 e. The maximum absolute atomic E-state index is 13.9. The lowest BCUT2D eigenvalue weighted by Crippen LogP contribution is -2.39. The van der Waals surface area contributed by atoms with Gasteiger partial charge in [0.2, 0.25) is 10.0 Å². The Balaban J connectivity index is 1.42. The van der Waals surface area contributed by atoms with Crippen LogP contribution in [0.15, 0.2) is 65.6 Å². The standard InChI is InChI=1S/C30H33ClN4O3S2/c1-4-33(5-2)16-17-35(30-32-28-21(3)18-25(31)19-27(28)39-30)29(36)23-10-12-26(13-11-23)40(37,38)34-15-14-22-8-6-7-9-24(22)20-34/h6-13,18-19H,4-5,14-17,20H2,1-3H3. The Morgan fingerprint density at radius 2 is 1.73 bits per heavy atom. The number of fused-ring (bicyclic) bond motifs is 2. The summed E-state index contributed by atoms with van der Waals surface area (Å²) >= 11 is 7.72. The third-order valence-electron chi connectivity index (χ3n) is 7.48. The van der Waals surface area contributed by atoms with Gasteiger partial charge in [0.1, 0.15) is 0 Å². The van der Waals surface area contributed by atoms with Gasteiger partial charge in [-0.15, -0.1) is 0 Å². The van der Waals surface area contributed by atoms with Crippen molar-refractivity contribution in [2.24, 2.45) is 0 Å². The molecule has 210 valence electrons. The van der Waals surface area contributed by atoms with E-state index in [4.69, 9.17) is 16.6 Å². The van der Waals surface area contributed by atoms with E-state index in [-0.39, 0.29) is 10.8 Å². The lowest BCUT2D eigenvalue weighted by atomic mass is 10.0. The number of nitrogens with zero attached hydrogens (tertiary/aromatic N) is 4. The first kappa shape index (κ1) is 28.7. The van der Waals surface area contributed by atoms with Crippen LogP contribution in [0.25, 0.3) is 10.2 Å². The number of benzene rings is 3. The number of aromatic nitrogens is 1. The number of thiazole rings is 1. The van der Waals surface area contributed by atoms with E-state index in [9.17, 15) is 13.2 Å². The molecule has 7 nitrogen and oxygen atoms in total. The summed E-state index contributed by atoms with van der Waals surface area (Å²) in [6.07, 6.45) is 0.681. The largest absolute Gasteiger partial charge is 0.302 e. The van der Waals surface area contributed by atoms with Crippen LogP contribution in [0.5, 0.6) is 0 Å². The molecule has 0 radical (unpaired) electrons. The molecule has 4 aromatic rings. The maximum atomic E-state index is 13.9. The van der Waals surface area contributed by atoms with Crippen molar-refractivity contribution in [1.29, 1.82) is 0 Å². The summed E-state index contributed by atoms with van der Waals surface area (Å²) in [5, 5.41) is 1.23. The van der Waals surface area contributed by atoms with Gasteiger partial charge in [-0.2, -0.15) is 4.31 Å². The Labute approximate surface area is 245 Å². The second-order valence-electron chi connectivity index (χ2n) is 9.93. The molecule has 3 aromatic carbocycles. The summed E-state index contributed by atoms with van der Waals surface area (Å²) in [6, 6.07) is 18.0.